The van der Waals surface area contributed by atoms with Gasteiger partial charge in [0.1, 0.15) is 11.4 Å². The number of nitrogens with zero attached hydrogens (tertiary/aromatic N) is 3. The highest BCUT2D eigenvalue weighted by molar-refractivity contribution is 5.68. The molecule has 0 aliphatic heterocycles. The molecule has 20 heavy (non-hydrogen) atoms. The molecule has 2 heterocycles. The van der Waals surface area contributed by atoms with Crippen molar-refractivity contribution in [3.63, 3.8) is 0 Å². The van der Waals surface area contributed by atoms with Gasteiger partial charge in [0.05, 0.1) is 5.69 Å². The highest BCUT2D eigenvalue weighted by Gasteiger charge is 2.08. The average Bonchev–Trinajstić information content (AvgIpc) is 2.48. The Morgan fingerprint density at radius 3 is 2.45 bits per heavy atom. The molecule has 4 heteroatoms. The van der Waals surface area contributed by atoms with Crippen LogP contribution in [0.4, 0.5) is 0 Å². The number of aryl methyl sites for hydroxylation is 1. The Labute approximate surface area is 116 Å². The van der Waals surface area contributed by atoms with Crippen LogP contribution in [0.1, 0.15) is 5.69 Å². The zero-order valence-corrected chi connectivity index (χ0v) is 11.0. The lowest BCUT2D eigenvalue weighted by Gasteiger charge is -2.06. The van der Waals surface area contributed by atoms with Gasteiger partial charge in [-0.25, -0.2) is 15.0 Å². The summed E-state index contributed by atoms with van der Waals surface area (Å²) in [6.45, 7) is 1.91. The van der Waals surface area contributed by atoms with Crippen molar-refractivity contribution < 1.29 is 5.11 Å². The minimum Gasteiger partial charge on any atom is -0.507 e. The predicted octanol–water partition coefficient (Wildman–Crippen LogP) is 3.22. The minimum atomic E-state index is 0.210. The molecule has 0 radical (unpaired) electrons. The fourth-order valence-corrected chi connectivity index (χ4v) is 1.97. The van der Waals surface area contributed by atoms with E-state index in [1.165, 1.54) is 0 Å². The van der Waals surface area contributed by atoms with Crippen LogP contribution >= 0.6 is 0 Å². The largest absolute Gasteiger partial charge is 0.507 e. The Morgan fingerprint density at radius 2 is 1.65 bits per heavy atom. The van der Waals surface area contributed by atoms with Crippen molar-refractivity contribution in [2.75, 3.05) is 0 Å². The topological polar surface area (TPSA) is 58.9 Å². The number of rotatable bonds is 2. The molecule has 1 aromatic carbocycles. The molecule has 0 amide bonds. The number of phenols is 1. The Kier molecular flexibility index (Phi) is 3.13. The monoisotopic (exact) mass is 263 g/mol. The van der Waals surface area contributed by atoms with E-state index in [9.17, 15) is 5.11 Å². The Balaban J connectivity index is 2.09. The molecule has 0 saturated carbocycles. The summed E-state index contributed by atoms with van der Waals surface area (Å²) in [7, 11) is 0. The van der Waals surface area contributed by atoms with Crippen molar-refractivity contribution in [3.05, 3.63) is 60.4 Å². The summed E-state index contributed by atoms with van der Waals surface area (Å²) < 4.78 is 0. The van der Waals surface area contributed by atoms with E-state index >= 15 is 0 Å². The first-order valence-electron chi connectivity index (χ1n) is 6.29. The van der Waals surface area contributed by atoms with E-state index in [0.717, 1.165) is 5.69 Å². The van der Waals surface area contributed by atoms with Crippen LogP contribution in [-0.2, 0) is 0 Å². The predicted molar refractivity (Wildman–Crippen MR) is 77.1 cm³/mol. The van der Waals surface area contributed by atoms with Gasteiger partial charge < -0.3 is 5.11 Å². The maximum Gasteiger partial charge on any atom is 0.178 e. The molecular weight excluding hydrogens is 250 g/mol. The molecule has 0 atom stereocenters. The third-order valence-electron chi connectivity index (χ3n) is 2.95. The van der Waals surface area contributed by atoms with Crippen molar-refractivity contribution in [2.24, 2.45) is 0 Å². The molecule has 98 valence electrons. The summed E-state index contributed by atoms with van der Waals surface area (Å²) in [6.07, 6.45) is 1.71. The first-order chi connectivity index (χ1) is 9.74. The molecule has 0 unspecified atom stereocenters. The molecule has 0 saturated heterocycles. The van der Waals surface area contributed by atoms with Crippen molar-refractivity contribution in [2.45, 2.75) is 6.92 Å². The summed E-state index contributed by atoms with van der Waals surface area (Å²) in [5.74, 6) is 0.796. The van der Waals surface area contributed by atoms with Gasteiger partial charge in [0.2, 0.25) is 0 Å². The zero-order valence-electron chi connectivity index (χ0n) is 11.0. The summed E-state index contributed by atoms with van der Waals surface area (Å²) >= 11 is 0. The van der Waals surface area contributed by atoms with Crippen LogP contribution in [0.2, 0.25) is 0 Å². The van der Waals surface area contributed by atoms with Crippen LogP contribution in [0.5, 0.6) is 5.75 Å². The van der Waals surface area contributed by atoms with E-state index in [1.807, 2.05) is 43.3 Å². The molecule has 2 aromatic heterocycles. The van der Waals surface area contributed by atoms with Gasteiger partial charge in [0.15, 0.2) is 5.82 Å². The maximum absolute atomic E-state index is 9.90. The summed E-state index contributed by atoms with van der Waals surface area (Å²) in [6, 6.07) is 14.6. The van der Waals surface area contributed by atoms with Crippen molar-refractivity contribution in [1.82, 2.24) is 15.0 Å². The van der Waals surface area contributed by atoms with Crippen LogP contribution in [-0.4, -0.2) is 20.1 Å². The fourth-order valence-electron chi connectivity index (χ4n) is 1.97. The zero-order chi connectivity index (χ0) is 13.9. The standard InChI is InChI=1S/C16H13N3O/c1-11-9-10-17-16(18-11)14-7-4-6-13(19-14)12-5-2-3-8-15(12)20/h2-10,20H,1H3. The molecule has 3 aromatic rings. The normalized spacial score (nSPS) is 10.4. The number of benzene rings is 1. The third-order valence-corrected chi connectivity index (χ3v) is 2.95. The SMILES string of the molecule is Cc1ccnc(-c2cccc(-c3ccccc3O)n2)n1. The summed E-state index contributed by atoms with van der Waals surface area (Å²) in [5.41, 5.74) is 2.98. The van der Waals surface area contributed by atoms with Gasteiger partial charge in [-0.1, -0.05) is 18.2 Å². The first kappa shape index (κ1) is 12.3. The molecule has 0 fully saturated rings. The number of aromatic hydroxyl groups is 1. The number of aromatic nitrogens is 3. The van der Waals surface area contributed by atoms with Gasteiger partial charge in [-0.05, 0) is 37.3 Å². The second-order valence-corrected chi connectivity index (χ2v) is 4.45. The highest BCUT2D eigenvalue weighted by atomic mass is 16.3. The third kappa shape index (κ3) is 2.36. The van der Waals surface area contributed by atoms with E-state index in [-0.39, 0.29) is 5.75 Å². The highest BCUT2D eigenvalue weighted by Crippen LogP contribution is 2.28. The van der Waals surface area contributed by atoms with Crippen molar-refractivity contribution >= 4 is 0 Å². The van der Waals surface area contributed by atoms with Gasteiger partial charge in [-0.2, -0.15) is 0 Å². The number of hydrogen-bond donors (Lipinski definition) is 1. The van der Waals surface area contributed by atoms with Gasteiger partial charge in [-0.15, -0.1) is 0 Å². The van der Waals surface area contributed by atoms with Crippen LogP contribution < -0.4 is 0 Å². The van der Waals surface area contributed by atoms with E-state index in [2.05, 4.69) is 15.0 Å². The minimum absolute atomic E-state index is 0.210. The molecular formula is C16H13N3O. The van der Waals surface area contributed by atoms with E-state index in [4.69, 9.17) is 0 Å². The molecule has 0 bridgehead atoms. The number of pyridine rings is 1. The summed E-state index contributed by atoms with van der Waals surface area (Å²) in [4.78, 5) is 13.1. The lowest BCUT2D eigenvalue weighted by Crippen LogP contribution is -1.94. The number of phenolic OH excluding ortho intramolecular Hbond substituents is 1. The Hall–Kier alpha value is -2.75. The molecule has 4 nitrogen and oxygen atoms in total. The second-order valence-electron chi connectivity index (χ2n) is 4.45. The van der Waals surface area contributed by atoms with Crippen LogP contribution in [0, 0.1) is 6.92 Å². The van der Waals surface area contributed by atoms with Gasteiger partial charge in [-0.3, -0.25) is 0 Å². The maximum atomic E-state index is 9.90. The van der Waals surface area contributed by atoms with E-state index in [0.29, 0.717) is 22.8 Å². The van der Waals surface area contributed by atoms with E-state index in [1.54, 1.807) is 18.3 Å². The lowest BCUT2D eigenvalue weighted by molar-refractivity contribution is 0.477. The van der Waals surface area contributed by atoms with Crippen LogP contribution in [0.3, 0.4) is 0 Å². The molecule has 1 N–H and O–H groups in total. The van der Waals surface area contributed by atoms with E-state index < -0.39 is 0 Å². The average molecular weight is 263 g/mol. The fraction of sp³-hybridized carbons (Fsp3) is 0.0625. The van der Waals surface area contributed by atoms with Crippen molar-refractivity contribution in [1.29, 1.82) is 0 Å². The van der Waals surface area contributed by atoms with Gasteiger partial charge in [0.25, 0.3) is 0 Å². The molecule has 0 spiro atoms. The molecule has 3 rings (SSSR count). The van der Waals surface area contributed by atoms with Gasteiger partial charge in [0, 0.05) is 17.5 Å². The Morgan fingerprint density at radius 1 is 0.850 bits per heavy atom. The Bertz CT molecular complexity index is 756. The van der Waals surface area contributed by atoms with Gasteiger partial charge >= 0.3 is 0 Å². The number of hydrogen-bond acceptors (Lipinski definition) is 4. The first-order valence-corrected chi connectivity index (χ1v) is 6.29. The second kappa shape index (κ2) is 5.09. The smallest absolute Gasteiger partial charge is 0.178 e. The summed E-state index contributed by atoms with van der Waals surface area (Å²) in [5, 5.41) is 9.90. The van der Waals surface area contributed by atoms with Crippen LogP contribution in [0.25, 0.3) is 22.8 Å². The number of para-hydroxylation sites is 1. The molecule has 0 aliphatic rings. The van der Waals surface area contributed by atoms with Crippen LogP contribution in [0.15, 0.2) is 54.7 Å². The quantitative estimate of drug-likeness (QED) is 0.771. The van der Waals surface area contributed by atoms with Crippen molar-refractivity contribution in [3.8, 4) is 28.5 Å². The molecule has 0 aliphatic carbocycles. The lowest BCUT2D eigenvalue weighted by atomic mass is 10.1.